The zero-order valence-electron chi connectivity index (χ0n) is 10.4. The molecule has 2 heterocycles. The van der Waals surface area contributed by atoms with Crippen molar-refractivity contribution in [1.29, 1.82) is 0 Å². The zero-order valence-corrected chi connectivity index (χ0v) is 10.4. The van der Waals surface area contributed by atoms with E-state index in [1.54, 1.807) is 0 Å². The minimum atomic E-state index is -0.891. The van der Waals surface area contributed by atoms with E-state index in [1.807, 2.05) is 18.2 Å². The number of halogens is 2. The predicted octanol–water partition coefficient (Wildman–Crippen LogP) is 3.54. The Morgan fingerprint density at radius 1 is 1.00 bits per heavy atom. The third kappa shape index (κ3) is 1.71. The Bertz CT molecular complexity index is 787. The van der Waals surface area contributed by atoms with Crippen molar-refractivity contribution in [3.8, 4) is 11.4 Å². The van der Waals surface area contributed by atoms with Crippen molar-refractivity contribution in [1.82, 2.24) is 9.97 Å². The highest BCUT2D eigenvalue weighted by Gasteiger charge is 2.14. The lowest BCUT2D eigenvalue weighted by molar-refractivity contribution is 0.134. The first-order chi connectivity index (χ1) is 9.70. The van der Waals surface area contributed by atoms with Crippen molar-refractivity contribution < 1.29 is 13.5 Å². The summed E-state index contributed by atoms with van der Waals surface area (Å²) in [5, 5.41) is 0. The van der Waals surface area contributed by atoms with Crippen molar-refractivity contribution >= 4 is 11.0 Å². The number of fused-ring (bicyclic) bond motifs is 2. The molecule has 1 aliphatic heterocycles. The Morgan fingerprint density at radius 2 is 1.80 bits per heavy atom. The first-order valence-electron chi connectivity index (χ1n) is 6.25. The maximum absolute atomic E-state index is 13.2. The molecule has 5 heteroatoms. The fraction of sp³-hybridized carbons (Fsp3) is 0.133. The van der Waals surface area contributed by atoms with Crippen LogP contribution < -0.4 is 0 Å². The molecular weight excluding hydrogens is 262 g/mol. The van der Waals surface area contributed by atoms with Crippen LogP contribution in [-0.2, 0) is 18.0 Å². The molecule has 0 saturated heterocycles. The van der Waals surface area contributed by atoms with Crippen LogP contribution in [0.3, 0.4) is 0 Å². The maximum Gasteiger partial charge on any atom is 0.161 e. The Balaban J connectivity index is 1.86. The SMILES string of the molecule is Fc1cc2nc(-c3ccc4c(c3)COC4)[nH]c2cc1F. The molecule has 0 aliphatic carbocycles. The van der Waals surface area contributed by atoms with Crippen LogP contribution in [0.15, 0.2) is 30.3 Å². The molecule has 2 aromatic carbocycles. The Hall–Kier alpha value is -2.27. The molecule has 0 fully saturated rings. The molecule has 1 aromatic heterocycles. The number of hydrogen-bond acceptors (Lipinski definition) is 2. The van der Waals surface area contributed by atoms with Crippen LogP contribution in [0.4, 0.5) is 8.78 Å². The van der Waals surface area contributed by atoms with Gasteiger partial charge in [-0.25, -0.2) is 13.8 Å². The summed E-state index contributed by atoms with van der Waals surface area (Å²) in [6, 6.07) is 8.13. The zero-order chi connectivity index (χ0) is 13.7. The summed E-state index contributed by atoms with van der Waals surface area (Å²) in [5.41, 5.74) is 4.07. The maximum atomic E-state index is 13.2. The van der Waals surface area contributed by atoms with E-state index in [0.717, 1.165) is 23.3 Å². The van der Waals surface area contributed by atoms with Crippen LogP contribution in [0.25, 0.3) is 22.4 Å². The van der Waals surface area contributed by atoms with E-state index in [1.165, 1.54) is 5.56 Å². The van der Waals surface area contributed by atoms with Crippen molar-refractivity contribution in [3.05, 3.63) is 53.1 Å². The molecule has 0 spiro atoms. The van der Waals surface area contributed by atoms with Crippen molar-refractivity contribution in [2.45, 2.75) is 13.2 Å². The smallest absolute Gasteiger partial charge is 0.161 e. The number of rotatable bonds is 1. The number of imidazole rings is 1. The van der Waals surface area contributed by atoms with Crippen LogP contribution in [0.2, 0.25) is 0 Å². The first-order valence-corrected chi connectivity index (χ1v) is 6.25. The number of H-pyrrole nitrogens is 1. The molecule has 1 aliphatic rings. The van der Waals surface area contributed by atoms with E-state index < -0.39 is 11.6 Å². The van der Waals surface area contributed by atoms with Gasteiger partial charge in [-0.1, -0.05) is 12.1 Å². The van der Waals surface area contributed by atoms with Gasteiger partial charge in [-0.05, 0) is 17.2 Å². The molecule has 0 unspecified atom stereocenters. The molecule has 20 heavy (non-hydrogen) atoms. The molecule has 3 aromatic rings. The number of nitrogens with zero attached hydrogens (tertiary/aromatic N) is 1. The third-order valence-electron chi connectivity index (χ3n) is 3.52. The van der Waals surface area contributed by atoms with Gasteiger partial charge in [-0.3, -0.25) is 0 Å². The number of aromatic amines is 1. The number of benzene rings is 2. The fourth-order valence-electron chi connectivity index (χ4n) is 2.46. The summed E-state index contributed by atoms with van der Waals surface area (Å²) in [6.07, 6.45) is 0. The first kappa shape index (κ1) is 11.5. The lowest BCUT2D eigenvalue weighted by Gasteiger charge is -2.00. The molecule has 4 rings (SSSR count). The van der Waals surface area contributed by atoms with Crippen LogP contribution in [-0.4, -0.2) is 9.97 Å². The molecule has 0 radical (unpaired) electrons. The normalized spacial score (nSPS) is 13.9. The molecule has 3 nitrogen and oxygen atoms in total. The number of aromatic nitrogens is 2. The van der Waals surface area contributed by atoms with E-state index in [4.69, 9.17) is 4.74 Å². The summed E-state index contributed by atoms with van der Waals surface area (Å²) >= 11 is 0. The summed E-state index contributed by atoms with van der Waals surface area (Å²) in [6.45, 7) is 1.22. The van der Waals surface area contributed by atoms with Crippen molar-refractivity contribution in [2.24, 2.45) is 0 Å². The van der Waals surface area contributed by atoms with E-state index in [0.29, 0.717) is 30.1 Å². The molecule has 0 amide bonds. The van der Waals surface area contributed by atoms with Crippen LogP contribution in [0, 0.1) is 11.6 Å². The fourth-order valence-corrected chi connectivity index (χ4v) is 2.46. The van der Waals surface area contributed by atoms with Gasteiger partial charge in [0.05, 0.1) is 24.2 Å². The van der Waals surface area contributed by atoms with E-state index >= 15 is 0 Å². The minimum Gasteiger partial charge on any atom is -0.372 e. The van der Waals surface area contributed by atoms with E-state index in [9.17, 15) is 8.78 Å². The monoisotopic (exact) mass is 272 g/mol. The Kier molecular flexibility index (Phi) is 2.37. The topological polar surface area (TPSA) is 37.9 Å². The largest absolute Gasteiger partial charge is 0.372 e. The van der Waals surface area contributed by atoms with Crippen LogP contribution in [0.5, 0.6) is 0 Å². The van der Waals surface area contributed by atoms with Crippen LogP contribution >= 0.6 is 0 Å². The highest BCUT2D eigenvalue weighted by Crippen LogP contribution is 2.27. The molecule has 0 atom stereocenters. The summed E-state index contributed by atoms with van der Waals surface area (Å²) < 4.78 is 31.8. The minimum absolute atomic E-state index is 0.413. The Labute approximate surface area is 113 Å². The lowest BCUT2D eigenvalue weighted by Crippen LogP contribution is -1.85. The van der Waals surface area contributed by atoms with Gasteiger partial charge in [0.2, 0.25) is 0 Å². The van der Waals surface area contributed by atoms with E-state index in [2.05, 4.69) is 9.97 Å². The van der Waals surface area contributed by atoms with Gasteiger partial charge < -0.3 is 9.72 Å². The van der Waals surface area contributed by atoms with Gasteiger partial charge in [0.25, 0.3) is 0 Å². The summed E-state index contributed by atoms with van der Waals surface area (Å²) in [5.74, 6) is -1.17. The van der Waals surface area contributed by atoms with Crippen molar-refractivity contribution in [3.63, 3.8) is 0 Å². The lowest BCUT2D eigenvalue weighted by atomic mass is 10.1. The quantitative estimate of drug-likeness (QED) is 0.735. The highest BCUT2D eigenvalue weighted by atomic mass is 19.2. The second-order valence-corrected chi connectivity index (χ2v) is 4.85. The molecule has 100 valence electrons. The molecule has 0 bridgehead atoms. The molecule has 0 saturated carbocycles. The average Bonchev–Trinajstić information content (AvgIpc) is 3.04. The van der Waals surface area contributed by atoms with Gasteiger partial charge in [-0.2, -0.15) is 0 Å². The number of ether oxygens (including phenoxy) is 1. The standard InChI is InChI=1S/C15H10F2N2O/c16-11-4-13-14(5-12(11)17)19-15(18-13)8-1-2-9-6-20-7-10(9)3-8/h1-5H,6-7H2,(H,18,19). The van der Waals surface area contributed by atoms with Gasteiger partial charge in [-0.15, -0.1) is 0 Å². The van der Waals surface area contributed by atoms with Gasteiger partial charge >= 0.3 is 0 Å². The highest BCUT2D eigenvalue weighted by molar-refractivity contribution is 5.79. The molecule has 1 N–H and O–H groups in total. The van der Waals surface area contributed by atoms with Gasteiger partial charge in [0.15, 0.2) is 11.6 Å². The second kappa shape index (κ2) is 4.11. The second-order valence-electron chi connectivity index (χ2n) is 4.85. The summed E-state index contributed by atoms with van der Waals surface area (Å²) in [7, 11) is 0. The number of nitrogens with one attached hydrogen (secondary N) is 1. The summed E-state index contributed by atoms with van der Waals surface area (Å²) in [4.78, 5) is 7.32. The van der Waals surface area contributed by atoms with Gasteiger partial charge in [0, 0.05) is 17.7 Å². The Morgan fingerprint density at radius 3 is 2.70 bits per heavy atom. The van der Waals surface area contributed by atoms with Crippen molar-refractivity contribution in [2.75, 3.05) is 0 Å². The third-order valence-corrected chi connectivity index (χ3v) is 3.52. The van der Waals surface area contributed by atoms with Gasteiger partial charge in [0.1, 0.15) is 5.82 Å². The van der Waals surface area contributed by atoms with E-state index in [-0.39, 0.29) is 0 Å². The number of hydrogen-bond donors (Lipinski definition) is 1. The molecular formula is C15H10F2N2O. The van der Waals surface area contributed by atoms with Crippen LogP contribution in [0.1, 0.15) is 11.1 Å². The average molecular weight is 272 g/mol. The predicted molar refractivity (Wildman–Crippen MR) is 69.9 cm³/mol.